The highest BCUT2D eigenvalue weighted by atomic mass is 19.4. The minimum absolute atomic E-state index is 0.113. The van der Waals surface area contributed by atoms with Gasteiger partial charge in [-0.3, -0.25) is 4.98 Å². The number of aromatic nitrogens is 1. The molecule has 1 N–H and O–H groups in total. The van der Waals surface area contributed by atoms with E-state index in [1.807, 2.05) is 19.1 Å². The summed E-state index contributed by atoms with van der Waals surface area (Å²) in [7, 11) is 0. The first kappa shape index (κ1) is 14.5. The van der Waals surface area contributed by atoms with Crippen molar-refractivity contribution in [2.45, 2.75) is 25.7 Å². The summed E-state index contributed by atoms with van der Waals surface area (Å²) in [6.07, 6.45) is -2.66. The Morgan fingerprint density at radius 3 is 2.45 bits per heavy atom. The van der Waals surface area contributed by atoms with Crippen molar-refractivity contribution in [3.05, 3.63) is 65.5 Å². The molecule has 20 heavy (non-hydrogen) atoms. The molecule has 0 aliphatic rings. The first-order valence-electron chi connectivity index (χ1n) is 6.28. The van der Waals surface area contributed by atoms with Crippen LogP contribution in [0.15, 0.2) is 48.7 Å². The van der Waals surface area contributed by atoms with Gasteiger partial charge in [-0.15, -0.1) is 0 Å². The Bertz CT molecular complexity index is 553. The van der Waals surface area contributed by atoms with Gasteiger partial charge in [0.1, 0.15) is 0 Å². The Labute approximate surface area is 115 Å². The van der Waals surface area contributed by atoms with Crippen molar-refractivity contribution in [2.75, 3.05) is 0 Å². The van der Waals surface area contributed by atoms with Crippen molar-refractivity contribution in [3.8, 4) is 0 Å². The van der Waals surface area contributed by atoms with E-state index in [4.69, 9.17) is 0 Å². The molecule has 2 nitrogen and oxygen atoms in total. The van der Waals surface area contributed by atoms with Gasteiger partial charge in [-0.2, -0.15) is 13.2 Å². The third-order valence-corrected chi connectivity index (χ3v) is 3.05. The second-order valence-corrected chi connectivity index (χ2v) is 4.51. The van der Waals surface area contributed by atoms with Crippen molar-refractivity contribution in [1.82, 2.24) is 10.3 Å². The lowest BCUT2D eigenvalue weighted by Gasteiger charge is -2.16. The van der Waals surface area contributed by atoms with E-state index in [0.717, 1.165) is 11.8 Å². The minimum atomic E-state index is -4.33. The average molecular weight is 280 g/mol. The number of alkyl halides is 3. The molecule has 0 radical (unpaired) electrons. The number of nitrogens with zero attached hydrogens (tertiary/aromatic N) is 1. The van der Waals surface area contributed by atoms with Gasteiger partial charge in [-0.1, -0.05) is 24.3 Å². The summed E-state index contributed by atoms with van der Waals surface area (Å²) in [5, 5.41) is 3.07. The smallest absolute Gasteiger partial charge is 0.305 e. The van der Waals surface area contributed by atoms with E-state index in [-0.39, 0.29) is 18.2 Å². The van der Waals surface area contributed by atoms with Crippen LogP contribution in [0.25, 0.3) is 0 Å². The SMILES string of the molecule is C[C@H](NCc1ccccc1C(F)(F)F)c1ccccn1. The molecular formula is C15H15F3N2. The Balaban J connectivity index is 2.08. The number of nitrogens with one attached hydrogen (secondary N) is 1. The van der Waals surface area contributed by atoms with Gasteiger partial charge in [0.05, 0.1) is 11.3 Å². The zero-order chi connectivity index (χ0) is 14.6. The van der Waals surface area contributed by atoms with Gasteiger partial charge in [0.15, 0.2) is 0 Å². The van der Waals surface area contributed by atoms with Crippen LogP contribution < -0.4 is 5.32 Å². The van der Waals surface area contributed by atoms with E-state index in [1.54, 1.807) is 18.3 Å². The summed E-state index contributed by atoms with van der Waals surface area (Å²) >= 11 is 0. The largest absolute Gasteiger partial charge is 0.416 e. The third kappa shape index (κ3) is 3.57. The summed E-state index contributed by atoms with van der Waals surface area (Å²) in [5.74, 6) is 0. The average Bonchev–Trinajstić information content (AvgIpc) is 2.45. The Morgan fingerprint density at radius 2 is 1.80 bits per heavy atom. The van der Waals surface area contributed by atoms with Gasteiger partial charge in [0, 0.05) is 18.8 Å². The second-order valence-electron chi connectivity index (χ2n) is 4.51. The Hall–Kier alpha value is -1.88. The molecule has 1 aromatic carbocycles. The third-order valence-electron chi connectivity index (χ3n) is 3.05. The van der Waals surface area contributed by atoms with Crippen LogP contribution in [0.1, 0.15) is 29.8 Å². The van der Waals surface area contributed by atoms with Gasteiger partial charge in [0.2, 0.25) is 0 Å². The van der Waals surface area contributed by atoms with Crippen LogP contribution >= 0.6 is 0 Å². The van der Waals surface area contributed by atoms with Crippen LogP contribution in [0.4, 0.5) is 13.2 Å². The second kappa shape index (κ2) is 6.05. The van der Waals surface area contributed by atoms with Crippen molar-refractivity contribution < 1.29 is 13.2 Å². The van der Waals surface area contributed by atoms with E-state index in [2.05, 4.69) is 10.3 Å². The molecule has 1 heterocycles. The molecule has 2 aromatic rings. The van der Waals surface area contributed by atoms with Gasteiger partial charge >= 0.3 is 6.18 Å². The predicted molar refractivity (Wildman–Crippen MR) is 70.9 cm³/mol. The molecule has 106 valence electrons. The van der Waals surface area contributed by atoms with Crippen LogP contribution in [0.2, 0.25) is 0 Å². The molecule has 1 aromatic heterocycles. The highest BCUT2D eigenvalue weighted by Crippen LogP contribution is 2.31. The number of benzene rings is 1. The fourth-order valence-corrected chi connectivity index (χ4v) is 1.95. The molecule has 5 heteroatoms. The monoisotopic (exact) mass is 280 g/mol. The van der Waals surface area contributed by atoms with Crippen molar-refractivity contribution in [1.29, 1.82) is 0 Å². The lowest BCUT2D eigenvalue weighted by atomic mass is 10.1. The molecule has 0 amide bonds. The molecule has 0 saturated carbocycles. The maximum Gasteiger partial charge on any atom is 0.416 e. The molecule has 0 bridgehead atoms. The molecule has 0 fully saturated rings. The summed E-state index contributed by atoms with van der Waals surface area (Å²) < 4.78 is 38.6. The van der Waals surface area contributed by atoms with Gasteiger partial charge in [-0.25, -0.2) is 0 Å². The van der Waals surface area contributed by atoms with Crippen molar-refractivity contribution >= 4 is 0 Å². The maximum atomic E-state index is 12.9. The topological polar surface area (TPSA) is 24.9 Å². The van der Waals surface area contributed by atoms with Crippen LogP contribution in [0, 0.1) is 0 Å². The van der Waals surface area contributed by atoms with Crippen LogP contribution in [-0.4, -0.2) is 4.98 Å². The lowest BCUT2D eigenvalue weighted by Crippen LogP contribution is -2.21. The van der Waals surface area contributed by atoms with E-state index < -0.39 is 11.7 Å². The van der Waals surface area contributed by atoms with Crippen LogP contribution in [-0.2, 0) is 12.7 Å². The zero-order valence-corrected chi connectivity index (χ0v) is 11.0. The van der Waals surface area contributed by atoms with E-state index in [9.17, 15) is 13.2 Å². The Morgan fingerprint density at radius 1 is 1.10 bits per heavy atom. The summed E-state index contributed by atoms with van der Waals surface area (Å²) in [6.45, 7) is 2.02. The minimum Gasteiger partial charge on any atom is -0.305 e. The number of pyridine rings is 1. The van der Waals surface area contributed by atoms with Gasteiger partial charge in [0.25, 0.3) is 0 Å². The maximum absolute atomic E-state index is 12.9. The first-order valence-corrected chi connectivity index (χ1v) is 6.28. The lowest BCUT2D eigenvalue weighted by molar-refractivity contribution is -0.138. The molecule has 0 aliphatic heterocycles. The zero-order valence-electron chi connectivity index (χ0n) is 11.0. The van der Waals surface area contributed by atoms with Crippen molar-refractivity contribution in [3.63, 3.8) is 0 Å². The molecular weight excluding hydrogens is 265 g/mol. The number of hydrogen-bond donors (Lipinski definition) is 1. The predicted octanol–water partition coefficient (Wildman–Crippen LogP) is 3.95. The fourth-order valence-electron chi connectivity index (χ4n) is 1.95. The molecule has 0 saturated heterocycles. The Kier molecular flexibility index (Phi) is 4.39. The normalized spacial score (nSPS) is 13.2. The molecule has 0 aliphatic carbocycles. The number of hydrogen-bond acceptors (Lipinski definition) is 2. The summed E-state index contributed by atoms with van der Waals surface area (Å²) in [4.78, 5) is 4.18. The molecule has 0 spiro atoms. The highest BCUT2D eigenvalue weighted by Gasteiger charge is 2.32. The molecule has 0 unspecified atom stereocenters. The van der Waals surface area contributed by atoms with Crippen molar-refractivity contribution in [2.24, 2.45) is 0 Å². The molecule has 1 atom stereocenters. The van der Waals surface area contributed by atoms with E-state index >= 15 is 0 Å². The first-order chi connectivity index (χ1) is 9.48. The van der Waals surface area contributed by atoms with Crippen LogP contribution in [0.3, 0.4) is 0 Å². The van der Waals surface area contributed by atoms with Gasteiger partial charge < -0.3 is 5.32 Å². The standard InChI is InChI=1S/C15H15F3N2/c1-11(14-8-4-5-9-19-14)20-10-12-6-2-3-7-13(12)15(16,17)18/h2-9,11,20H,10H2,1H3/t11-/m0/s1. The van der Waals surface area contributed by atoms with Gasteiger partial charge in [-0.05, 0) is 30.7 Å². The van der Waals surface area contributed by atoms with E-state index in [0.29, 0.717) is 0 Å². The number of rotatable bonds is 4. The van der Waals surface area contributed by atoms with Crippen LogP contribution in [0.5, 0.6) is 0 Å². The number of halogens is 3. The summed E-state index contributed by atoms with van der Waals surface area (Å²) in [6, 6.07) is 11.0. The fraction of sp³-hybridized carbons (Fsp3) is 0.267. The van der Waals surface area contributed by atoms with E-state index in [1.165, 1.54) is 12.1 Å². The summed E-state index contributed by atoms with van der Waals surface area (Å²) in [5.41, 5.74) is 0.445. The highest BCUT2D eigenvalue weighted by molar-refractivity contribution is 5.29. The quantitative estimate of drug-likeness (QED) is 0.917. The molecule has 2 rings (SSSR count).